The molecule has 3 atom stereocenters. The van der Waals surface area contributed by atoms with Gasteiger partial charge in [0.05, 0.1) is 0 Å². The smallest absolute Gasteiger partial charge is 0.0330 e. The Hall–Kier alpha value is -0.120. The van der Waals surface area contributed by atoms with Crippen molar-refractivity contribution < 1.29 is 0 Å². The lowest BCUT2D eigenvalue weighted by molar-refractivity contribution is 0.0729. The molecule has 1 saturated carbocycles. The molecule has 17 heavy (non-hydrogen) atoms. The molecule has 2 N–H and O–H groups in total. The Morgan fingerprint density at radius 3 is 2.76 bits per heavy atom. The minimum absolute atomic E-state index is 0.403. The largest absolute Gasteiger partial charge is 0.315 e. The maximum Gasteiger partial charge on any atom is 0.0330 e. The highest BCUT2D eigenvalue weighted by molar-refractivity contribution is 4.96. The Kier molecular flexibility index (Phi) is 4.45. The standard InChI is InChI=1S/C14H29N3/c1-12-5-4-7-14(9-12,17(2)3)11-16-13-6-8-15-10-13/h12-13,15-16H,4-11H2,1-3H3. The van der Waals surface area contributed by atoms with Gasteiger partial charge in [0.25, 0.3) is 0 Å². The molecule has 3 unspecified atom stereocenters. The lowest BCUT2D eigenvalue weighted by Crippen LogP contribution is -2.55. The van der Waals surface area contributed by atoms with E-state index in [0.29, 0.717) is 11.6 Å². The highest BCUT2D eigenvalue weighted by Crippen LogP contribution is 2.35. The maximum absolute atomic E-state index is 3.79. The summed E-state index contributed by atoms with van der Waals surface area (Å²) < 4.78 is 0. The average Bonchev–Trinajstić information content (AvgIpc) is 2.79. The molecule has 2 fully saturated rings. The predicted octanol–water partition coefficient (Wildman–Crippen LogP) is 1.45. The maximum atomic E-state index is 3.79. The van der Waals surface area contributed by atoms with Gasteiger partial charge in [0.1, 0.15) is 0 Å². The fourth-order valence-corrected chi connectivity index (χ4v) is 3.52. The molecule has 3 nitrogen and oxygen atoms in total. The van der Waals surface area contributed by atoms with E-state index >= 15 is 0 Å². The van der Waals surface area contributed by atoms with Crippen molar-refractivity contribution in [1.82, 2.24) is 15.5 Å². The zero-order valence-electron chi connectivity index (χ0n) is 11.8. The van der Waals surface area contributed by atoms with Gasteiger partial charge in [0.15, 0.2) is 0 Å². The van der Waals surface area contributed by atoms with Crippen LogP contribution in [0.1, 0.15) is 39.0 Å². The quantitative estimate of drug-likeness (QED) is 0.777. The van der Waals surface area contributed by atoms with E-state index in [1.807, 2.05) is 0 Å². The van der Waals surface area contributed by atoms with E-state index in [9.17, 15) is 0 Å². The van der Waals surface area contributed by atoms with Crippen molar-refractivity contribution in [2.24, 2.45) is 5.92 Å². The third-order valence-corrected chi connectivity index (χ3v) is 4.80. The molecule has 0 bridgehead atoms. The summed E-state index contributed by atoms with van der Waals surface area (Å²) in [6.45, 7) is 5.91. The van der Waals surface area contributed by atoms with Crippen LogP contribution in [0, 0.1) is 5.92 Å². The van der Waals surface area contributed by atoms with Gasteiger partial charge in [-0.15, -0.1) is 0 Å². The van der Waals surface area contributed by atoms with Crippen LogP contribution in [0.2, 0.25) is 0 Å². The Morgan fingerprint density at radius 1 is 1.35 bits per heavy atom. The van der Waals surface area contributed by atoms with Crippen LogP contribution in [0.4, 0.5) is 0 Å². The minimum atomic E-state index is 0.403. The Balaban J connectivity index is 1.91. The van der Waals surface area contributed by atoms with Crippen LogP contribution < -0.4 is 10.6 Å². The highest BCUT2D eigenvalue weighted by atomic mass is 15.2. The zero-order valence-corrected chi connectivity index (χ0v) is 11.8. The van der Waals surface area contributed by atoms with Crippen LogP contribution in [-0.4, -0.2) is 50.2 Å². The van der Waals surface area contributed by atoms with Gasteiger partial charge in [-0.2, -0.15) is 0 Å². The molecule has 3 heteroatoms. The molecular formula is C14H29N3. The topological polar surface area (TPSA) is 27.3 Å². The molecule has 1 saturated heterocycles. The van der Waals surface area contributed by atoms with Crippen LogP contribution in [0.3, 0.4) is 0 Å². The number of likely N-dealkylation sites (N-methyl/N-ethyl adjacent to an activating group) is 1. The highest BCUT2D eigenvalue weighted by Gasteiger charge is 2.37. The fourth-order valence-electron chi connectivity index (χ4n) is 3.52. The van der Waals surface area contributed by atoms with Crippen LogP contribution >= 0.6 is 0 Å². The first-order valence-electron chi connectivity index (χ1n) is 7.24. The van der Waals surface area contributed by atoms with Crippen molar-refractivity contribution in [2.45, 2.75) is 50.6 Å². The van der Waals surface area contributed by atoms with Crippen molar-refractivity contribution in [3.63, 3.8) is 0 Å². The van der Waals surface area contributed by atoms with Crippen molar-refractivity contribution in [3.8, 4) is 0 Å². The van der Waals surface area contributed by atoms with Gasteiger partial charge >= 0.3 is 0 Å². The molecule has 0 aromatic carbocycles. The predicted molar refractivity (Wildman–Crippen MR) is 73.3 cm³/mol. The number of hydrogen-bond donors (Lipinski definition) is 2. The molecule has 1 heterocycles. The Morgan fingerprint density at radius 2 is 2.18 bits per heavy atom. The first-order chi connectivity index (χ1) is 8.12. The number of nitrogens with zero attached hydrogens (tertiary/aromatic N) is 1. The van der Waals surface area contributed by atoms with E-state index < -0.39 is 0 Å². The second-order valence-corrected chi connectivity index (χ2v) is 6.39. The number of hydrogen-bond acceptors (Lipinski definition) is 3. The molecule has 0 aromatic rings. The van der Waals surface area contributed by atoms with Gasteiger partial charge in [-0.3, -0.25) is 0 Å². The van der Waals surface area contributed by atoms with Crippen molar-refractivity contribution >= 4 is 0 Å². The lowest BCUT2D eigenvalue weighted by atomic mass is 9.75. The van der Waals surface area contributed by atoms with Crippen molar-refractivity contribution in [3.05, 3.63) is 0 Å². The SMILES string of the molecule is CC1CCCC(CNC2CCNC2)(N(C)C)C1. The van der Waals surface area contributed by atoms with E-state index in [0.717, 1.165) is 19.0 Å². The molecule has 1 aliphatic carbocycles. The Bertz CT molecular complexity index is 236. The molecule has 100 valence electrons. The zero-order chi connectivity index (χ0) is 12.3. The molecule has 0 aromatic heterocycles. The third kappa shape index (κ3) is 3.21. The molecular weight excluding hydrogens is 210 g/mol. The monoisotopic (exact) mass is 239 g/mol. The van der Waals surface area contributed by atoms with E-state index in [-0.39, 0.29) is 0 Å². The molecule has 0 radical (unpaired) electrons. The van der Waals surface area contributed by atoms with E-state index in [1.165, 1.54) is 38.6 Å². The first-order valence-corrected chi connectivity index (χ1v) is 7.24. The second-order valence-electron chi connectivity index (χ2n) is 6.39. The lowest BCUT2D eigenvalue weighted by Gasteiger charge is -2.46. The van der Waals surface area contributed by atoms with Gasteiger partial charge in [-0.05, 0) is 45.8 Å². The van der Waals surface area contributed by atoms with Gasteiger partial charge in [0, 0.05) is 24.7 Å². The van der Waals surface area contributed by atoms with E-state index in [4.69, 9.17) is 0 Å². The fraction of sp³-hybridized carbons (Fsp3) is 1.00. The van der Waals surface area contributed by atoms with Gasteiger partial charge in [0.2, 0.25) is 0 Å². The number of rotatable bonds is 4. The van der Waals surface area contributed by atoms with Crippen LogP contribution in [-0.2, 0) is 0 Å². The first kappa shape index (κ1) is 13.3. The summed E-state index contributed by atoms with van der Waals surface area (Å²) in [5.41, 5.74) is 0.403. The van der Waals surface area contributed by atoms with E-state index in [1.54, 1.807) is 0 Å². The molecule has 0 spiro atoms. The van der Waals surface area contributed by atoms with Gasteiger partial charge in [-0.1, -0.05) is 19.8 Å². The van der Waals surface area contributed by atoms with Gasteiger partial charge < -0.3 is 15.5 Å². The van der Waals surface area contributed by atoms with Crippen molar-refractivity contribution in [1.29, 1.82) is 0 Å². The third-order valence-electron chi connectivity index (χ3n) is 4.80. The summed E-state index contributed by atoms with van der Waals surface area (Å²) in [5, 5.41) is 7.22. The molecule has 0 amide bonds. The normalized spacial score (nSPS) is 38.8. The summed E-state index contributed by atoms with van der Waals surface area (Å²) in [7, 11) is 4.51. The summed E-state index contributed by atoms with van der Waals surface area (Å²) >= 11 is 0. The molecule has 1 aliphatic heterocycles. The summed E-state index contributed by atoms with van der Waals surface area (Å²) in [4.78, 5) is 2.47. The summed E-state index contributed by atoms with van der Waals surface area (Å²) in [6.07, 6.45) is 6.81. The van der Waals surface area contributed by atoms with Crippen LogP contribution in [0.15, 0.2) is 0 Å². The molecule has 2 aliphatic rings. The van der Waals surface area contributed by atoms with Crippen molar-refractivity contribution in [2.75, 3.05) is 33.7 Å². The van der Waals surface area contributed by atoms with Gasteiger partial charge in [-0.25, -0.2) is 0 Å². The second kappa shape index (κ2) is 5.68. The summed E-state index contributed by atoms with van der Waals surface area (Å²) in [5.74, 6) is 0.884. The minimum Gasteiger partial charge on any atom is -0.315 e. The molecule has 2 rings (SSSR count). The van der Waals surface area contributed by atoms with Crippen LogP contribution in [0.5, 0.6) is 0 Å². The number of nitrogens with one attached hydrogen (secondary N) is 2. The van der Waals surface area contributed by atoms with E-state index in [2.05, 4.69) is 36.6 Å². The van der Waals surface area contributed by atoms with Crippen LogP contribution in [0.25, 0.3) is 0 Å². The summed E-state index contributed by atoms with van der Waals surface area (Å²) in [6, 6.07) is 0.698. The Labute approximate surface area is 106 Å². The average molecular weight is 239 g/mol.